The number of rotatable bonds is 2. The van der Waals surface area contributed by atoms with Crippen LogP contribution >= 0.6 is 15.9 Å². The Hall–Kier alpha value is -1.20. The zero-order chi connectivity index (χ0) is 11.7. The van der Waals surface area contributed by atoms with Crippen LogP contribution in [0, 0.1) is 0 Å². The molecule has 0 spiro atoms. The Labute approximate surface area is 102 Å². The van der Waals surface area contributed by atoms with E-state index in [0.29, 0.717) is 18.1 Å². The van der Waals surface area contributed by atoms with Crippen molar-refractivity contribution in [2.24, 2.45) is 5.73 Å². The quantitative estimate of drug-likeness (QED) is 0.880. The van der Waals surface area contributed by atoms with E-state index >= 15 is 0 Å². The highest BCUT2D eigenvalue weighted by Crippen LogP contribution is 2.22. The summed E-state index contributed by atoms with van der Waals surface area (Å²) >= 11 is 3.41. The zero-order valence-corrected chi connectivity index (χ0v) is 10.5. The van der Waals surface area contributed by atoms with Crippen molar-refractivity contribution in [3.8, 4) is 0 Å². The van der Waals surface area contributed by atoms with Crippen LogP contribution in [0.25, 0.3) is 10.9 Å². The minimum atomic E-state index is 0.0315. The van der Waals surface area contributed by atoms with Crippen LogP contribution in [0.15, 0.2) is 22.7 Å². The first kappa shape index (κ1) is 11.3. The number of halogens is 1. The van der Waals surface area contributed by atoms with Gasteiger partial charge in [-0.2, -0.15) is 0 Å². The molecule has 4 N–H and O–H groups in total. The second kappa shape index (κ2) is 4.35. The van der Waals surface area contributed by atoms with Crippen LogP contribution in [0.2, 0.25) is 0 Å². The van der Waals surface area contributed by atoms with Gasteiger partial charge in [-0.1, -0.05) is 15.9 Å². The van der Waals surface area contributed by atoms with Crippen LogP contribution in [0.3, 0.4) is 0 Å². The molecule has 84 valence electrons. The molecule has 0 aliphatic rings. The van der Waals surface area contributed by atoms with E-state index in [4.69, 9.17) is 11.5 Å². The Morgan fingerprint density at radius 3 is 2.81 bits per heavy atom. The third-order valence-electron chi connectivity index (χ3n) is 2.24. The van der Waals surface area contributed by atoms with Gasteiger partial charge in [0.05, 0.1) is 5.52 Å². The average molecular weight is 281 g/mol. The molecular formula is C11H13BrN4. The molecule has 2 aromatic rings. The van der Waals surface area contributed by atoms with Crippen LogP contribution in [-0.4, -0.2) is 16.0 Å². The lowest BCUT2D eigenvalue weighted by Gasteiger charge is -2.07. The number of nitrogen functional groups attached to an aromatic ring is 1. The first-order chi connectivity index (χ1) is 7.56. The van der Waals surface area contributed by atoms with Gasteiger partial charge in [0.25, 0.3) is 0 Å². The standard InChI is InChI=1S/C11H13BrN4/c1-6(13)4-10-15-9-5-7(12)2-3-8(9)11(14)16-10/h2-3,5-6H,4,13H2,1H3,(H2,14,15,16). The lowest BCUT2D eigenvalue weighted by Crippen LogP contribution is -2.19. The number of benzene rings is 1. The van der Waals surface area contributed by atoms with Crippen molar-refractivity contribution in [3.05, 3.63) is 28.5 Å². The predicted octanol–water partition coefficient (Wildman–Crippen LogP) is 1.86. The van der Waals surface area contributed by atoms with E-state index in [9.17, 15) is 0 Å². The molecule has 1 unspecified atom stereocenters. The molecule has 1 aromatic carbocycles. The summed E-state index contributed by atoms with van der Waals surface area (Å²) in [6, 6.07) is 5.79. The number of nitrogens with two attached hydrogens (primary N) is 2. The van der Waals surface area contributed by atoms with Gasteiger partial charge in [0, 0.05) is 22.3 Å². The van der Waals surface area contributed by atoms with Gasteiger partial charge in [0.15, 0.2) is 0 Å². The molecule has 0 saturated carbocycles. The summed E-state index contributed by atoms with van der Waals surface area (Å²) in [6.07, 6.45) is 0.632. The van der Waals surface area contributed by atoms with E-state index in [2.05, 4.69) is 25.9 Å². The Morgan fingerprint density at radius 2 is 2.12 bits per heavy atom. The highest BCUT2D eigenvalue weighted by molar-refractivity contribution is 9.10. The SMILES string of the molecule is CC(N)Cc1nc(N)c2ccc(Br)cc2n1. The van der Waals surface area contributed by atoms with E-state index in [1.54, 1.807) is 0 Å². The number of aromatic nitrogens is 2. The monoisotopic (exact) mass is 280 g/mol. The maximum absolute atomic E-state index is 5.88. The lowest BCUT2D eigenvalue weighted by atomic mass is 10.2. The van der Waals surface area contributed by atoms with Crippen molar-refractivity contribution in [2.75, 3.05) is 5.73 Å². The average Bonchev–Trinajstić information content (AvgIpc) is 2.15. The number of hydrogen-bond donors (Lipinski definition) is 2. The molecule has 0 fully saturated rings. The van der Waals surface area contributed by atoms with Gasteiger partial charge in [0.2, 0.25) is 0 Å². The van der Waals surface area contributed by atoms with Crippen LogP contribution < -0.4 is 11.5 Å². The number of nitrogens with zero attached hydrogens (tertiary/aromatic N) is 2. The second-order valence-electron chi connectivity index (χ2n) is 3.87. The molecule has 1 atom stereocenters. The van der Waals surface area contributed by atoms with Gasteiger partial charge in [-0.15, -0.1) is 0 Å². The van der Waals surface area contributed by atoms with Crippen LogP contribution in [-0.2, 0) is 6.42 Å². The number of fused-ring (bicyclic) bond motifs is 1. The molecule has 0 saturated heterocycles. The summed E-state index contributed by atoms with van der Waals surface area (Å²) in [7, 11) is 0. The van der Waals surface area contributed by atoms with Crippen molar-refractivity contribution >= 4 is 32.7 Å². The molecule has 4 nitrogen and oxygen atoms in total. The van der Waals surface area contributed by atoms with E-state index < -0.39 is 0 Å². The maximum Gasteiger partial charge on any atom is 0.135 e. The first-order valence-corrected chi connectivity index (χ1v) is 5.83. The minimum absolute atomic E-state index is 0.0315. The molecule has 0 aliphatic heterocycles. The van der Waals surface area contributed by atoms with E-state index in [1.165, 1.54) is 0 Å². The van der Waals surface area contributed by atoms with Crippen LogP contribution in [0.1, 0.15) is 12.7 Å². The van der Waals surface area contributed by atoms with Crippen molar-refractivity contribution in [1.29, 1.82) is 0 Å². The van der Waals surface area contributed by atoms with Gasteiger partial charge in [-0.3, -0.25) is 0 Å². The molecule has 1 aromatic heterocycles. The van der Waals surface area contributed by atoms with Crippen molar-refractivity contribution in [2.45, 2.75) is 19.4 Å². The first-order valence-electron chi connectivity index (χ1n) is 5.03. The minimum Gasteiger partial charge on any atom is -0.383 e. The summed E-state index contributed by atoms with van der Waals surface area (Å²) in [5.74, 6) is 1.20. The molecular weight excluding hydrogens is 268 g/mol. The van der Waals surface area contributed by atoms with Gasteiger partial charge in [0.1, 0.15) is 11.6 Å². The van der Waals surface area contributed by atoms with Crippen LogP contribution in [0.5, 0.6) is 0 Å². The fourth-order valence-corrected chi connectivity index (χ4v) is 1.91. The van der Waals surface area contributed by atoms with Gasteiger partial charge < -0.3 is 11.5 Å². The number of anilines is 1. The topological polar surface area (TPSA) is 77.8 Å². The predicted molar refractivity (Wildman–Crippen MR) is 69.0 cm³/mol. The molecule has 0 amide bonds. The summed E-state index contributed by atoms with van der Waals surface area (Å²) in [5.41, 5.74) is 12.4. The van der Waals surface area contributed by atoms with E-state index in [-0.39, 0.29) is 6.04 Å². The zero-order valence-electron chi connectivity index (χ0n) is 8.94. The second-order valence-corrected chi connectivity index (χ2v) is 4.78. The summed E-state index contributed by atoms with van der Waals surface area (Å²) < 4.78 is 0.977. The normalized spacial score (nSPS) is 12.9. The van der Waals surface area contributed by atoms with E-state index in [1.807, 2.05) is 25.1 Å². The third kappa shape index (κ3) is 2.31. The molecule has 1 heterocycles. The molecule has 0 aliphatic carbocycles. The fourth-order valence-electron chi connectivity index (χ4n) is 1.56. The molecule has 5 heteroatoms. The van der Waals surface area contributed by atoms with Crippen LogP contribution in [0.4, 0.5) is 5.82 Å². The Balaban J connectivity index is 2.56. The maximum atomic E-state index is 5.88. The lowest BCUT2D eigenvalue weighted by molar-refractivity contribution is 0.706. The van der Waals surface area contributed by atoms with Crippen molar-refractivity contribution in [1.82, 2.24) is 9.97 Å². The highest BCUT2D eigenvalue weighted by atomic mass is 79.9. The van der Waals surface area contributed by atoms with Crippen molar-refractivity contribution in [3.63, 3.8) is 0 Å². The number of hydrogen-bond acceptors (Lipinski definition) is 4. The smallest absolute Gasteiger partial charge is 0.135 e. The molecule has 2 rings (SSSR count). The highest BCUT2D eigenvalue weighted by Gasteiger charge is 2.07. The van der Waals surface area contributed by atoms with Gasteiger partial charge in [-0.25, -0.2) is 9.97 Å². The molecule has 16 heavy (non-hydrogen) atoms. The van der Waals surface area contributed by atoms with Gasteiger partial charge >= 0.3 is 0 Å². The Morgan fingerprint density at radius 1 is 1.38 bits per heavy atom. The Bertz CT molecular complexity index is 525. The summed E-state index contributed by atoms with van der Waals surface area (Å²) in [5, 5.41) is 0.872. The largest absolute Gasteiger partial charge is 0.383 e. The summed E-state index contributed by atoms with van der Waals surface area (Å²) in [4.78, 5) is 8.68. The molecule has 0 bridgehead atoms. The summed E-state index contributed by atoms with van der Waals surface area (Å²) in [6.45, 7) is 1.92. The Kier molecular flexibility index (Phi) is 3.07. The van der Waals surface area contributed by atoms with Crippen molar-refractivity contribution < 1.29 is 0 Å². The van der Waals surface area contributed by atoms with Gasteiger partial charge in [-0.05, 0) is 25.1 Å². The fraction of sp³-hybridized carbons (Fsp3) is 0.273. The van der Waals surface area contributed by atoms with E-state index in [0.717, 1.165) is 15.4 Å². The molecule has 0 radical (unpaired) electrons. The third-order valence-corrected chi connectivity index (χ3v) is 2.73.